The average Bonchev–Trinajstić information content (AvgIpc) is 3.15. The molecule has 1 aliphatic rings. The molecule has 0 radical (unpaired) electrons. The number of fused-ring (bicyclic) bond motifs is 1. The molecule has 0 atom stereocenters. The maximum atomic E-state index is 9.11. The van der Waals surface area contributed by atoms with Crippen molar-refractivity contribution in [3.05, 3.63) is 53.7 Å². The van der Waals surface area contributed by atoms with Crippen LogP contribution in [0.4, 0.5) is 5.95 Å². The number of hydrogen-bond donors (Lipinski definition) is 1. The van der Waals surface area contributed by atoms with E-state index in [0.717, 1.165) is 48.8 Å². The van der Waals surface area contributed by atoms with Crippen LogP contribution in [0.15, 0.2) is 47.6 Å². The molecule has 1 N–H and O–H groups in total. The molecule has 0 unspecified atom stereocenters. The Morgan fingerprint density at radius 2 is 2.06 bits per heavy atom. The zero-order valence-corrected chi connectivity index (χ0v) is 18.1. The first-order valence-electron chi connectivity index (χ1n) is 10.4. The Morgan fingerprint density at radius 3 is 2.88 bits per heavy atom. The Balaban J connectivity index is 1.57. The molecule has 3 heterocycles. The molecule has 32 heavy (non-hydrogen) atoms. The highest BCUT2D eigenvalue weighted by Crippen LogP contribution is 2.27. The van der Waals surface area contributed by atoms with Crippen LogP contribution in [-0.4, -0.2) is 51.5 Å². The number of rotatable bonds is 5. The van der Waals surface area contributed by atoms with Crippen LogP contribution in [-0.2, 0) is 6.54 Å². The van der Waals surface area contributed by atoms with Gasteiger partial charge in [-0.15, -0.1) is 10.2 Å². The van der Waals surface area contributed by atoms with E-state index in [0.29, 0.717) is 23.7 Å². The average molecular weight is 429 g/mol. The number of pyridine rings is 1. The number of aromatic nitrogens is 4. The van der Waals surface area contributed by atoms with Crippen LogP contribution in [0.3, 0.4) is 0 Å². The fourth-order valence-electron chi connectivity index (χ4n) is 3.73. The van der Waals surface area contributed by atoms with Crippen LogP contribution in [0.25, 0.3) is 11.4 Å². The maximum Gasteiger partial charge on any atom is 0.227 e. The Kier molecular flexibility index (Phi) is 6.22. The van der Waals surface area contributed by atoms with Crippen molar-refractivity contribution in [3.63, 3.8) is 0 Å². The van der Waals surface area contributed by atoms with E-state index < -0.39 is 0 Å². The third-order valence-corrected chi connectivity index (χ3v) is 5.33. The molecule has 3 aromatic rings. The Hall–Kier alpha value is -4.06. The van der Waals surface area contributed by atoms with Gasteiger partial charge in [-0.2, -0.15) is 5.26 Å². The zero-order chi connectivity index (χ0) is 22.5. The summed E-state index contributed by atoms with van der Waals surface area (Å²) in [6.45, 7) is 3.76. The van der Waals surface area contributed by atoms with Crippen molar-refractivity contribution in [3.8, 4) is 23.3 Å². The van der Waals surface area contributed by atoms with E-state index in [4.69, 9.17) is 15.4 Å². The SMILES string of the molecule is COc1cc(-c2nnc3n2CCCCN3CC(=N)N=C(C)c2cccc(C#N)c2)ccn1. The normalized spacial score (nSPS) is 13.8. The molecule has 0 fully saturated rings. The summed E-state index contributed by atoms with van der Waals surface area (Å²) in [5.74, 6) is 2.25. The predicted molar refractivity (Wildman–Crippen MR) is 122 cm³/mol. The second-order valence-electron chi connectivity index (χ2n) is 7.53. The first-order chi connectivity index (χ1) is 15.6. The smallest absolute Gasteiger partial charge is 0.227 e. The van der Waals surface area contributed by atoms with Gasteiger partial charge in [0.25, 0.3) is 0 Å². The summed E-state index contributed by atoms with van der Waals surface area (Å²) in [4.78, 5) is 10.7. The molecular formula is C23H24N8O. The molecule has 0 saturated heterocycles. The largest absolute Gasteiger partial charge is 0.481 e. The van der Waals surface area contributed by atoms with E-state index in [2.05, 4.69) is 30.8 Å². The third-order valence-electron chi connectivity index (χ3n) is 5.33. The summed E-state index contributed by atoms with van der Waals surface area (Å²) in [6.07, 6.45) is 3.68. The van der Waals surface area contributed by atoms with Gasteiger partial charge >= 0.3 is 0 Å². The van der Waals surface area contributed by atoms with Gasteiger partial charge in [0.05, 0.1) is 25.3 Å². The highest BCUT2D eigenvalue weighted by molar-refractivity contribution is 6.06. The van der Waals surface area contributed by atoms with Gasteiger partial charge in [0, 0.05) is 36.6 Å². The number of aliphatic imine (C=N–C) groups is 1. The molecule has 0 spiro atoms. The Bertz CT molecular complexity index is 1210. The summed E-state index contributed by atoms with van der Waals surface area (Å²) in [7, 11) is 1.59. The predicted octanol–water partition coefficient (Wildman–Crippen LogP) is 3.31. The summed E-state index contributed by atoms with van der Waals surface area (Å²) < 4.78 is 7.33. The number of anilines is 1. The van der Waals surface area contributed by atoms with Crippen molar-refractivity contribution >= 4 is 17.5 Å². The molecular weight excluding hydrogens is 404 g/mol. The molecule has 4 rings (SSSR count). The lowest BCUT2D eigenvalue weighted by molar-refractivity contribution is 0.398. The summed E-state index contributed by atoms with van der Waals surface area (Å²) in [5.41, 5.74) is 3.00. The van der Waals surface area contributed by atoms with Gasteiger partial charge in [-0.3, -0.25) is 9.98 Å². The monoisotopic (exact) mass is 428 g/mol. The zero-order valence-electron chi connectivity index (χ0n) is 18.1. The van der Waals surface area contributed by atoms with Crippen LogP contribution < -0.4 is 9.64 Å². The Morgan fingerprint density at radius 1 is 1.22 bits per heavy atom. The standard InChI is InChI=1S/C23H24N8O/c1-16(18-7-5-6-17(12-18)14-24)27-20(25)15-30-10-3-4-11-31-22(28-29-23(30)31)19-8-9-26-21(13-19)32-2/h5-9,12-13,25H,3-4,10-11,15H2,1-2H3. The molecule has 0 aliphatic carbocycles. The quantitative estimate of drug-likeness (QED) is 0.492. The van der Waals surface area contributed by atoms with Gasteiger partial charge in [0.2, 0.25) is 11.8 Å². The van der Waals surface area contributed by atoms with Crippen LogP contribution >= 0.6 is 0 Å². The first-order valence-corrected chi connectivity index (χ1v) is 10.4. The van der Waals surface area contributed by atoms with Crippen LogP contribution in [0.2, 0.25) is 0 Å². The molecule has 0 amide bonds. The molecule has 162 valence electrons. The third kappa shape index (κ3) is 4.49. The van der Waals surface area contributed by atoms with E-state index in [1.54, 1.807) is 25.4 Å². The van der Waals surface area contributed by atoms with Crippen LogP contribution in [0.1, 0.15) is 30.9 Å². The molecule has 2 aromatic heterocycles. The second kappa shape index (κ2) is 9.39. The van der Waals surface area contributed by atoms with Crippen molar-refractivity contribution in [1.82, 2.24) is 19.7 Å². The van der Waals surface area contributed by atoms with Gasteiger partial charge in [-0.25, -0.2) is 9.98 Å². The van der Waals surface area contributed by atoms with Gasteiger partial charge in [0.15, 0.2) is 5.82 Å². The number of methoxy groups -OCH3 is 1. The second-order valence-corrected chi connectivity index (χ2v) is 7.53. The van der Waals surface area contributed by atoms with E-state index in [9.17, 15) is 0 Å². The van der Waals surface area contributed by atoms with Crippen LogP contribution in [0, 0.1) is 16.7 Å². The summed E-state index contributed by atoms with van der Waals surface area (Å²) >= 11 is 0. The number of amidine groups is 1. The number of nitrogens with one attached hydrogen (secondary N) is 1. The minimum absolute atomic E-state index is 0.230. The topological polar surface area (TPSA) is 116 Å². The van der Waals surface area contributed by atoms with Crippen molar-refractivity contribution < 1.29 is 4.74 Å². The molecule has 0 bridgehead atoms. The van der Waals surface area contributed by atoms with Crippen molar-refractivity contribution in [2.24, 2.45) is 4.99 Å². The minimum atomic E-state index is 0.230. The maximum absolute atomic E-state index is 9.11. The number of benzene rings is 1. The highest BCUT2D eigenvalue weighted by Gasteiger charge is 2.23. The van der Waals surface area contributed by atoms with E-state index in [1.165, 1.54) is 0 Å². The fraction of sp³-hybridized carbons (Fsp3) is 0.304. The fourth-order valence-corrected chi connectivity index (χ4v) is 3.73. The van der Waals surface area contributed by atoms with E-state index in [1.807, 2.05) is 36.1 Å². The van der Waals surface area contributed by atoms with Gasteiger partial charge in [-0.1, -0.05) is 12.1 Å². The van der Waals surface area contributed by atoms with Crippen molar-refractivity contribution in [2.45, 2.75) is 26.3 Å². The highest BCUT2D eigenvalue weighted by atomic mass is 16.5. The number of nitriles is 1. The minimum Gasteiger partial charge on any atom is -0.481 e. The van der Waals surface area contributed by atoms with E-state index in [-0.39, 0.29) is 5.84 Å². The van der Waals surface area contributed by atoms with Crippen molar-refractivity contribution in [2.75, 3.05) is 25.1 Å². The lowest BCUT2D eigenvalue weighted by Crippen LogP contribution is -2.31. The number of ether oxygens (including phenoxy) is 1. The molecule has 0 saturated carbocycles. The molecule has 1 aromatic carbocycles. The Labute approximate surface area is 186 Å². The number of hydrogen-bond acceptors (Lipinski definition) is 7. The van der Waals surface area contributed by atoms with Gasteiger partial charge in [-0.05, 0) is 43.5 Å². The van der Waals surface area contributed by atoms with Crippen LogP contribution in [0.5, 0.6) is 5.88 Å². The lowest BCUT2D eigenvalue weighted by Gasteiger charge is -2.20. The molecule has 9 heteroatoms. The summed E-state index contributed by atoms with van der Waals surface area (Å²) in [6, 6.07) is 13.1. The summed E-state index contributed by atoms with van der Waals surface area (Å²) in [5, 5.41) is 26.4. The van der Waals surface area contributed by atoms with Gasteiger partial charge in [0.1, 0.15) is 5.84 Å². The molecule has 9 nitrogen and oxygen atoms in total. The first kappa shape index (κ1) is 21.2. The van der Waals surface area contributed by atoms with Gasteiger partial charge < -0.3 is 9.64 Å². The lowest BCUT2D eigenvalue weighted by atomic mass is 10.1. The number of nitrogens with zero attached hydrogens (tertiary/aromatic N) is 7. The van der Waals surface area contributed by atoms with Crippen molar-refractivity contribution in [1.29, 1.82) is 10.7 Å². The molecule has 1 aliphatic heterocycles. The van der Waals surface area contributed by atoms with E-state index >= 15 is 0 Å².